The van der Waals surface area contributed by atoms with Gasteiger partial charge in [-0.2, -0.15) is 0 Å². The molecule has 0 aromatic heterocycles. The predicted octanol–water partition coefficient (Wildman–Crippen LogP) is 2.49. The Hall–Kier alpha value is -0.900. The molecule has 1 saturated heterocycles. The van der Waals surface area contributed by atoms with Crippen molar-refractivity contribution in [3.8, 4) is 0 Å². The van der Waals surface area contributed by atoms with Crippen LogP contribution in [0.15, 0.2) is 24.3 Å². The summed E-state index contributed by atoms with van der Waals surface area (Å²) in [5.74, 6) is 0.599. The van der Waals surface area contributed by atoms with Crippen LogP contribution in [0.25, 0.3) is 0 Å². The summed E-state index contributed by atoms with van der Waals surface area (Å²) in [7, 11) is 0. The third kappa shape index (κ3) is 4.30. The molecule has 1 atom stereocenters. The molecule has 2 aliphatic rings. The fourth-order valence-corrected chi connectivity index (χ4v) is 2.36. The quantitative estimate of drug-likeness (QED) is 0.818. The van der Waals surface area contributed by atoms with E-state index in [-0.39, 0.29) is 0 Å². The molecular formula is C16H23NO2. The fourth-order valence-electron chi connectivity index (χ4n) is 2.36. The van der Waals surface area contributed by atoms with Gasteiger partial charge in [0.1, 0.15) is 0 Å². The largest absolute Gasteiger partial charge is 0.381 e. The van der Waals surface area contributed by atoms with Gasteiger partial charge in [0.25, 0.3) is 0 Å². The molecule has 0 amide bonds. The second kappa shape index (κ2) is 6.51. The molecule has 104 valence electrons. The molecule has 1 aliphatic carbocycles. The number of nitrogens with one attached hydrogen (secondary N) is 1. The van der Waals surface area contributed by atoms with Gasteiger partial charge in [0.2, 0.25) is 0 Å². The Balaban J connectivity index is 1.37. The lowest BCUT2D eigenvalue weighted by Crippen LogP contribution is -2.15. The molecule has 3 nitrogen and oxygen atoms in total. The van der Waals surface area contributed by atoms with E-state index >= 15 is 0 Å². The molecule has 3 heteroatoms. The number of hydrogen-bond donors (Lipinski definition) is 1. The zero-order chi connectivity index (χ0) is 12.9. The highest BCUT2D eigenvalue weighted by atomic mass is 16.5. The van der Waals surface area contributed by atoms with Crippen molar-refractivity contribution in [2.45, 2.75) is 38.5 Å². The molecule has 1 saturated carbocycles. The summed E-state index contributed by atoms with van der Waals surface area (Å²) >= 11 is 0. The molecule has 0 spiro atoms. The van der Waals surface area contributed by atoms with Crippen LogP contribution < -0.4 is 5.32 Å². The van der Waals surface area contributed by atoms with E-state index in [1.807, 2.05) is 0 Å². The Morgan fingerprint density at radius 3 is 2.58 bits per heavy atom. The summed E-state index contributed by atoms with van der Waals surface area (Å²) in [5.41, 5.74) is 2.62. The maximum absolute atomic E-state index is 5.76. The van der Waals surface area contributed by atoms with Crippen molar-refractivity contribution in [2.75, 3.05) is 19.8 Å². The van der Waals surface area contributed by atoms with Crippen molar-refractivity contribution in [1.29, 1.82) is 0 Å². The number of benzene rings is 1. The molecule has 1 heterocycles. The Morgan fingerprint density at radius 1 is 1.11 bits per heavy atom. The van der Waals surface area contributed by atoms with Gasteiger partial charge in [0.05, 0.1) is 19.8 Å². The van der Waals surface area contributed by atoms with E-state index in [2.05, 4.69) is 29.6 Å². The van der Waals surface area contributed by atoms with Crippen LogP contribution in [0.2, 0.25) is 0 Å². The highest BCUT2D eigenvalue weighted by Gasteiger charge is 2.19. The monoisotopic (exact) mass is 261 g/mol. The minimum Gasteiger partial charge on any atom is -0.381 e. The topological polar surface area (TPSA) is 30.5 Å². The molecule has 1 aromatic rings. The van der Waals surface area contributed by atoms with E-state index in [1.165, 1.54) is 24.0 Å². The van der Waals surface area contributed by atoms with Crippen molar-refractivity contribution in [1.82, 2.24) is 5.32 Å². The first-order valence-corrected chi connectivity index (χ1v) is 7.37. The Bertz CT molecular complexity index is 380. The van der Waals surface area contributed by atoms with Crippen LogP contribution in [0.3, 0.4) is 0 Å². The number of rotatable bonds is 7. The molecular weight excluding hydrogens is 238 g/mol. The Morgan fingerprint density at radius 2 is 1.89 bits per heavy atom. The SMILES string of the molecule is c1cc(COCC2CCOC2)ccc1CNC1CC1. The van der Waals surface area contributed by atoms with Crippen molar-refractivity contribution in [3.05, 3.63) is 35.4 Å². The normalized spacial score (nSPS) is 22.8. The van der Waals surface area contributed by atoms with Crippen molar-refractivity contribution in [2.24, 2.45) is 5.92 Å². The Kier molecular flexibility index (Phi) is 4.49. The Labute approximate surface area is 115 Å². The molecule has 19 heavy (non-hydrogen) atoms. The molecule has 3 rings (SSSR count). The summed E-state index contributed by atoms with van der Waals surface area (Å²) in [5, 5.41) is 3.53. The summed E-state index contributed by atoms with van der Waals surface area (Å²) in [6.45, 7) is 4.30. The second-order valence-corrected chi connectivity index (χ2v) is 5.72. The first-order chi connectivity index (χ1) is 9.40. The third-order valence-electron chi connectivity index (χ3n) is 3.84. The predicted molar refractivity (Wildman–Crippen MR) is 74.9 cm³/mol. The molecule has 0 bridgehead atoms. The van der Waals surface area contributed by atoms with Gasteiger partial charge in [-0.1, -0.05) is 24.3 Å². The van der Waals surface area contributed by atoms with Gasteiger partial charge in [0.15, 0.2) is 0 Å². The zero-order valence-electron chi connectivity index (χ0n) is 11.4. The molecule has 1 aliphatic heterocycles. The molecule has 0 radical (unpaired) electrons. The molecule has 2 fully saturated rings. The lowest BCUT2D eigenvalue weighted by molar-refractivity contribution is 0.0791. The maximum Gasteiger partial charge on any atom is 0.0717 e. The van der Waals surface area contributed by atoms with E-state index in [0.29, 0.717) is 12.5 Å². The van der Waals surface area contributed by atoms with Crippen LogP contribution in [0.1, 0.15) is 30.4 Å². The number of ether oxygens (including phenoxy) is 2. The van der Waals surface area contributed by atoms with E-state index in [0.717, 1.165) is 38.8 Å². The van der Waals surface area contributed by atoms with E-state index in [9.17, 15) is 0 Å². The standard InChI is InChI=1S/C16H23NO2/c1-3-14(10-19-12-15-7-8-18-11-15)4-2-13(1)9-17-16-5-6-16/h1-4,15-17H,5-12H2. The van der Waals surface area contributed by atoms with E-state index in [4.69, 9.17) is 9.47 Å². The van der Waals surface area contributed by atoms with Gasteiger partial charge in [-0.15, -0.1) is 0 Å². The average molecular weight is 261 g/mol. The third-order valence-corrected chi connectivity index (χ3v) is 3.84. The lowest BCUT2D eigenvalue weighted by atomic mass is 10.1. The van der Waals surface area contributed by atoms with Gasteiger partial charge in [-0.05, 0) is 30.4 Å². The summed E-state index contributed by atoms with van der Waals surface area (Å²) in [4.78, 5) is 0. The van der Waals surface area contributed by atoms with Gasteiger partial charge < -0.3 is 14.8 Å². The van der Waals surface area contributed by atoms with Crippen LogP contribution in [0.4, 0.5) is 0 Å². The van der Waals surface area contributed by atoms with Crippen molar-refractivity contribution in [3.63, 3.8) is 0 Å². The fraction of sp³-hybridized carbons (Fsp3) is 0.625. The van der Waals surface area contributed by atoms with Crippen LogP contribution in [0, 0.1) is 5.92 Å². The highest BCUT2D eigenvalue weighted by Crippen LogP contribution is 2.19. The molecule has 1 aromatic carbocycles. The van der Waals surface area contributed by atoms with Crippen molar-refractivity contribution >= 4 is 0 Å². The van der Waals surface area contributed by atoms with Crippen LogP contribution in [0.5, 0.6) is 0 Å². The summed E-state index contributed by atoms with van der Waals surface area (Å²) in [6.07, 6.45) is 3.83. The average Bonchev–Trinajstić information content (AvgIpc) is 3.13. The van der Waals surface area contributed by atoms with Gasteiger partial charge in [-0.25, -0.2) is 0 Å². The highest BCUT2D eigenvalue weighted by molar-refractivity contribution is 5.22. The minimum absolute atomic E-state index is 0.599. The lowest BCUT2D eigenvalue weighted by Gasteiger charge is -2.09. The van der Waals surface area contributed by atoms with Gasteiger partial charge in [0, 0.05) is 25.1 Å². The molecule has 1 N–H and O–H groups in total. The van der Waals surface area contributed by atoms with Crippen LogP contribution in [-0.4, -0.2) is 25.9 Å². The van der Waals surface area contributed by atoms with Gasteiger partial charge >= 0.3 is 0 Å². The first-order valence-electron chi connectivity index (χ1n) is 7.37. The summed E-state index contributed by atoms with van der Waals surface area (Å²) in [6, 6.07) is 9.53. The minimum atomic E-state index is 0.599. The first kappa shape index (κ1) is 13.1. The molecule has 1 unspecified atom stereocenters. The maximum atomic E-state index is 5.76. The number of hydrogen-bond acceptors (Lipinski definition) is 3. The smallest absolute Gasteiger partial charge is 0.0717 e. The van der Waals surface area contributed by atoms with Gasteiger partial charge in [-0.3, -0.25) is 0 Å². The van der Waals surface area contributed by atoms with Crippen molar-refractivity contribution < 1.29 is 9.47 Å². The van der Waals surface area contributed by atoms with Crippen LogP contribution in [-0.2, 0) is 22.6 Å². The second-order valence-electron chi connectivity index (χ2n) is 5.72. The van der Waals surface area contributed by atoms with E-state index in [1.54, 1.807) is 0 Å². The van der Waals surface area contributed by atoms with E-state index < -0.39 is 0 Å². The van der Waals surface area contributed by atoms with Crippen LogP contribution >= 0.6 is 0 Å². The summed E-state index contributed by atoms with van der Waals surface area (Å²) < 4.78 is 11.1. The zero-order valence-corrected chi connectivity index (χ0v) is 11.4.